The lowest BCUT2D eigenvalue weighted by Crippen LogP contribution is -2.16. The second-order valence-corrected chi connectivity index (χ2v) is 4.96. The largest absolute Gasteiger partial charge is 0.392 e. The van der Waals surface area contributed by atoms with Crippen molar-refractivity contribution in [3.8, 4) is 0 Å². The molecule has 4 nitrogen and oxygen atoms in total. The van der Waals surface area contributed by atoms with Crippen molar-refractivity contribution >= 4 is 11.6 Å². The Labute approximate surface area is 124 Å². The first-order chi connectivity index (χ1) is 10.2. The minimum atomic E-state index is -0.138. The first-order valence-electron chi connectivity index (χ1n) is 6.99. The molecule has 110 valence electrons. The maximum atomic E-state index is 11.9. The van der Waals surface area contributed by atoms with Crippen LogP contribution in [0.1, 0.15) is 30.0 Å². The van der Waals surface area contributed by atoms with Crippen LogP contribution < -0.4 is 11.1 Å². The number of aliphatic hydroxyl groups is 1. The fourth-order valence-corrected chi connectivity index (χ4v) is 2.12. The normalized spacial score (nSPS) is 11.9. The molecule has 1 unspecified atom stereocenters. The summed E-state index contributed by atoms with van der Waals surface area (Å²) < 4.78 is 0. The van der Waals surface area contributed by atoms with Crippen molar-refractivity contribution in [3.05, 3.63) is 65.7 Å². The maximum Gasteiger partial charge on any atom is 0.224 e. The van der Waals surface area contributed by atoms with E-state index in [1.54, 1.807) is 24.3 Å². The summed E-state index contributed by atoms with van der Waals surface area (Å²) in [5.41, 5.74) is 8.57. The number of rotatable bonds is 6. The zero-order valence-electron chi connectivity index (χ0n) is 11.8. The zero-order chi connectivity index (χ0) is 15.1. The number of hydrogen-bond acceptors (Lipinski definition) is 3. The molecule has 4 N–H and O–H groups in total. The number of nitrogens with one attached hydrogen (secondary N) is 1. The summed E-state index contributed by atoms with van der Waals surface area (Å²) in [5, 5.41) is 11.9. The van der Waals surface area contributed by atoms with Crippen LogP contribution in [0.25, 0.3) is 0 Å². The van der Waals surface area contributed by atoms with E-state index in [0.717, 1.165) is 11.1 Å². The SMILES string of the molecule is NC(CCC(=O)Nc1cccc(CO)c1)c1ccccc1. The van der Waals surface area contributed by atoms with Gasteiger partial charge >= 0.3 is 0 Å². The molecule has 0 aromatic heterocycles. The van der Waals surface area contributed by atoms with Gasteiger partial charge in [-0.05, 0) is 29.7 Å². The molecule has 0 fully saturated rings. The standard InChI is InChI=1S/C17H20N2O2/c18-16(14-6-2-1-3-7-14)9-10-17(21)19-15-8-4-5-13(11-15)12-20/h1-8,11,16,20H,9-10,12,18H2,(H,19,21). The molecule has 2 aromatic rings. The number of carbonyl (C=O) groups excluding carboxylic acids is 1. The van der Waals surface area contributed by atoms with Gasteiger partial charge in [-0.1, -0.05) is 42.5 Å². The molecule has 0 aliphatic carbocycles. The lowest BCUT2D eigenvalue weighted by atomic mass is 10.0. The first kappa shape index (κ1) is 15.2. The predicted molar refractivity (Wildman–Crippen MR) is 83.6 cm³/mol. The molecule has 0 heterocycles. The van der Waals surface area contributed by atoms with E-state index >= 15 is 0 Å². The smallest absolute Gasteiger partial charge is 0.224 e. The van der Waals surface area contributed by atoms with Gasteiger partial charge in [-0.2, -0.15) is 0 Å². The highest BCUT2D eigenvalue weighted by Gasteiger charge is 2.09. The van der Waals surface area contributed by atoms with Gasteiger partial charge in [-0.15, -0.1) is 0 Å². The molecule has 2 aromatic carbocycles. The molecule has 0 radical (unpaired) electrons. The van der Waals surface area contributed by atoms with Crippen LogP contribution in [0.5, 0.6) is 0 Å². The predicted octanol–water partition coefficient (Wildman–Crippen LogP) is 2.60. The van der Waals surface area contributed by atoms with E-state index in [-0.39, 0.29) is 18.6 Å². The first-order valence-corrected chi connectivity index (χ1v) is 6.99. The number of aliphatic hydroxyl groups excluding tert-OH is 1. The molecule has 0 bridgehead atoms. The van der Waals surface area contributed by atoms with Crippen LogP contribution in [0.15, 0.2) is 54.6 Å². The Hall–Kier alpha value is -2.17. The third-order valence-corrected chi connectivity index (χ3v) is 3.30. The number of hydrogen-bond donors (Lipinski definition) is 3. The summed E-state index contributed by atoms with van der Waals surface area (Å²) in [6.07, 6.45) is 0.953. The van der Waals surface area contributed by atoms with Gasteiger partial charge in [0.2, 0.25) is 5.91 Å². The van der Waals surface area contributed by atoms with Crippen molar-refractivity contribution in [1.29, 1.82) is 0 Å². The molecular weight excluding hydrogens is 264 g/mol. The molecule has 0 saturated carbocycles. The van der Waals surface area contributed by atoms with E-state index in [9.17, 15) is 4.79 Å². The second-order valence-electron chi connectivity index (χ2n) is 4.96. The number of carbonyl (C=O) groups is 1. The van der Waals surface area contributed by atoms with Gasteiger partial charge in [0.25, 0.3) is 0 Å². The van der Waals surface area contributed by atoms with Crippen molar-refractivity contribution in [1.82, 2.24) is 0 Å². The molecule has 0 aliphatic heterocycles. The molecule has 0 spiro atoms. The van der Waals surface area contributed by atoms with Crippen molar-refractivity contribution < 1.29 is 9.90 Å². The van der Waals surface area contributed by atoms with Gasteiger partial charge in [0.15, 0.2) is 0 Å². The third-order valence-electron chi connectivity index (χ3n) is 3.30. The lowest BCUT2D eigenvalue weighted by molar-refractivity contribution is -0.116. The minimum Gasteiger partial charge on any atom is -0.392 e. The fourth-order valence-electron chi connectivity index (χ4n) is 2.12. The van der Waals surface area contributed by atoms with Crippen LogP contribution in [0.3, 0.4) is 0 Å². The summed E-state index contributed by atoms with van der Waals surface area (Å²) in [4.78, 5) is 11.9. The van der Waals surface area contributed by atoms with Gasteiger partial charge in [-0.25, -0.2) is 0 Å². The number of benzene rings is 2. The third kappa shape index (κ3) is 4.70. The van der Waals surface area contributed by atoms with Gasteiger partial charge in [0, 0.05) is 18.2 Å². The highest BCUT2D eigenvalue weighted by atomic mass is 16.3. The average molecular weight is 284 g/mol. The highest BCUT2D eigenvalue weighted by Crippen LogP contribution is 2.16. The van der Waals surface area contributed by atoms with Crippen LogP contribution >= 0.6 is 0 Å². The lowest BCUT2D eigenvalue weighted by Gasteiger charge is -2.12. The fraction of sp³-hybridized carbons (Fsp3) is 0.235. The van der Waals surface area contributed by atoms with E-state index < -0.39 is 0 Å². The Bertz CT molecular complexity index is 584. The quantitative estimate of drug-likeness (QED) is 0.763. The summed E-state index contributed by atoms with van der Waals surface area (Å²) in [5.74, 6) is -0.0727. The van der Waals surface area contributed by atoms with E-state index in [1.165, 1.54) is 0 Å². The molecule has 0 saturated heterocycles. The Balaban J connectivity index is 1.84. The zero-order valence-corrected chi connectivity index (χ0v) is 11.8. The summed E-state index contributed by atoms with van der Waals surface area (Å²) >= 11 is 0. The number of anilines is 1. The van der Waals surface area contributed by atoms with Crippen LogP contribution in [0, 0.1) is 0 Å². The van der Waals surface area contributed by atoms with Crippen LogP contribution in [-0.4, -0.2) is 11.0 Å². The topological polar surface area (TPSA) is 75.4 Å². The Morgan fingerprint density at radius 2 is 1.90 bits per heavy atom. The Morgan fingerprint density at radius 1 is 1.14 bits per heavy atom. The van der Waals surface area contributed by atoms with Crippen molar-refractivity contribution in [2.75, 3.05) is 5.32 Å². The molecule has 1 atom stereocenters. The van der Waals surface area contributed by atoms with Crippen LogP contribution in [-0.2, 0) is 11.4 Å². The van der Waals surface area contributed by atoms with Crippen molar-refractivity contribution in [2.24, 2.45) is 5.73 Å². The molecule has 2 rings (SSSR count). The highest BCUT2D eigenvalue weighted by molar-refractivity contribution is 5.90. The Morgan fingerprint density at radius 3 is 2.62 bits per heavy atom. The molecular formula is C17H20N2O2. The molecule has 1 amide bonds. The van der Waals surface area contributed by atoms with E-state index in [4.69, 9.17) is 10.8 Å². The van der Waals surface area contributed by atoms with Gasteiger partial charge in [0.1, 0.15) is 0 Å². The van der Waals surface area contributed by atoms with Crippen molar-refractivity contribution in [3.63, 3.8) is 0 Å². The summed E-state index contributed by atoms with van der Waals surface area (Å²) in [6, 6.07) is 16.8. The second kappa shape index (κ2) is 7.57. The van der Waals surface area contributed by atoms with Gasteiger partial charge in [-0.3, -0.25) is 4.79 Å². The summed E-state index contributed by atoms with van der Waals surface area (Å²) in [7, 11) is 0. The average Bonchev–Trinajstić information content (AvgIpc) is 2.53. The van der Waals surface area contributed by atoms with E-state index in [0.29, 0.717) is 18.5 Å². The van der Waals surface area contributed by atoms with Crippen LogP contribution in [0.2, 0.25) is 0 Å². The summed E-state index contributed by atoms with van der Waals surface area (Å²) in [6.45, 7) is -0.0391. The number of nitrogens with two attached hydrogens (primary N) is 1. The molecule has 21 heavy (non-hydrogen) atoms. The molecule has 4 heteroatoms. The van der Waals surface area contributed by atoms with Crippen LogP contribution in [0.4, 0.5) is 5.69 Å². The van der Waals surface area contributed by atoms with E-state index in [2.05, 4.69) is 5.32 Å². The van der Waals surface area contributed by atoms with E-state index in [1.807, 2.05) is 30.3 Å². The van der Waals surface area contributed by atoms with Gasteiger partial charge in [0.05, 0.1) is 6.61 Å². The monoisotopic (exact) mass is 284 g/mol. The minimum absolute atomic E-state index is 0.0391. The number of amides is 1. The molecule has 0 aliphatic rings. The Kier molecular flexibility index (Phi) is 5.49. The van der Waals surface area contributed by atoms with Gasteiger partial charge < -0.3 is 16.2 Å². The van der Waals surface area contributed by atoms with Crippen molar-refractivity contribution in [2.45, 2.75) is 25.5 Å². The maximum absolute atomic E-state index is 11.9.